The number of aliphatic hydroxyl groups is 2. The zero-order valence-electron chi connectivity index (χ0n) is 12.6. The molecule has 0 aromatic heterocycles. The topological polar surface area (TPSA) is 78.8 Å². The van der Waals surface area contributed by atoms with Crippen LogP contribution >= 0.6 is 0 Å². The lowest BCUT2D eigenvalue weighted by atomic mass is 9.67. The van der Waals surface area contributed by atoms with Gasteiger partial charge in [0, 0.05) is 6.92 Å². The third-order valence-corrected chi connectivity index (χ3v) is 4.94. The lowest BCUT2D eigenvalue weighted by molar-refractivity contribution is -0.261. The highest BCUT2D eigenvalue weighted by Crippen LogP contribution is 2.45. The quantitative estimate of drug-likeness (QED) is 0.719. The van der Waals surface area contributed by atoms with E-state index in [0.29, 0.717) is 5.92 Å². The Kier molecular flexibility index (Phi) is 4.72. The van der Waals surface area contributed by atoms with Crippen LogP contribution in [0.3, 0.4) is 0 Å². The fraction of sp³-hybridized carbons (Fsp3) is 0.933. The van der Waals surface area contributed by atoms with Gasteiger partial charge >= 0.3 is 0 Å². The summed E-state index contributed by atoms with van der Waals surface area (Å²) in [4.78, 5) is 11.3. The lowest BCUT2D eigenvalue weighted by Gasteiger charge is -2.54. The van der Waals surface area contributed by atoms with Crippen LogP contribution in [0.2, 0.25) is 0 Å². The highest BCUT2D eigenvalue weighted by atomic mass is 16.5. The maximum Gasteiger partial charge on any atom is 0.217 e. The van der Waals surface area contributed by atoms with Crippen molar-refractivity contribution in [3.05, 3.63) is 0 Å². The summed E-state index contributed by atoms with van der Waals surface area (Å²) in [7, 11) is 0. The summed E-state index contributed by atoms with van der Waals surface area (Å²) in [5.74, 6) is 0.0861. The zero-order valence-corrected chi connectivity index (χ0v) is 12.6. The SMILES string of the molecule is CCC[C@H]1O[C@](C)(C2CCC2)[C@H](O)[C@H](O)[C@@H]1NC(C)=O. The minimum absolute atomic E-state index is 0.210. The number of aliphatic hydroxyl groups excluding tert-OH is 2. The summed E-state index contributed by atoms with van der Waals surface area (Å²) in [6.45, 7) is 5.37. The van der Waals surface area contributed by atoms with Gasteiger partial charge in [-0.25, -0.2) is 0 Å². The maximum atomic E-state index is 11.3. The average molecular weight is 285 g/mol. The van der Waals surface area contributed by atoms with Crippen molar-refractivity contribution in [2.24, 2.45) is 5.92 Å². The van der Waals surface area contributed by atoms with Gasteiger partial charge in [0.2, 0.25) is 5.91 Å². The van der Waals surface area contributed by atoms with E-state index in [-0.39, 0.29) is 12.0 Å². The number of rotatable bonds is 4. The van der Waals surface area contributed by atoms with Crippen molar-refractivity contribution >= 4 is 5.91 Å². The van der Waals surface area contributed by atoms with Gasteiger partial charge in [0.25, 0.3) is 0 Å². The maximum absolute atomic E-state index is 11.3. The Hall–Kier alpha value is -0.650. The molecule has 1 saturated carbocycles. The second-order valence-electron chi connectivity index (χ2n) is 6.42. The van der Waals surface area contributed by atoms with Crippen molar-refractivity contribution in [2.75, 3.05) is 0 Å². The molecular weight excluding hydrogens is 258 g/mol. The van der Waals surface area contributed by atoms with Crippen LogP contribution in [0.5, 0.6) is 0 Å². The van der Waals surface area contributed by atoms with Gasteiger partial charge < -0.3 is 20.3 Å². The van der Waals surface area contributed by atoms with Crippen LogP contribution in [-0.4, -0.2) is 46.1 Å². The van der Waals surface area contributed by atoms with Gasteiger partial charge in [0.05, 0.1) is 17.7 Å². The van der Waals surface area contributed by atoms with E-state index in [1.165, 1.54) is 6.92 Å². The Morgan fingerprint density at radius 3 is 2.50 bits per heavy atom. The zero-order chi connectivity index (χ0) is 14.9. The third-order valence-electron chi connectivity index (χ3n) is 4.94. The first kappa shape index (κ1) is 15.7. The number of hydrogen-bond acceptors (Lipinski definition) is 4. The Labute approximate surface area is 120 Å². The molecule has 0 radical (unpaired) electrons. The van der Waals surface area contributed by atoms with Crippen molar-refractivity contribution in [3.63, 3.8) is 0 Å². The Balaban J connectivity index is 2.19. The van der Waals surface area contributed by atoms with Crippen LogP contribution in [0.15, 0.2) is 0 Å². The Bertz CT molecular complexity index is 358. The second-order valence-corrected chi connectivity index (χ2v) is 6.42. The lowest BCUT2D eigenvalue weighted by Crippen LogP contribution is -2.69. The molecule has 1 amide bonds. The third kappa shape index (κ3) is 2.71. The first-order valence-electron chi connectivity index (χ1n) is 7.71. The smallest absolute Gasteiger partial charge is 0.217 e. The number of amides is 1. The van der Waals surface area contributed by atoms with Crippen LogP contribution in [-0.2, 0) is 9.53 Å². The highest BCUT2D eigenvalue weighted by Gasteiger charge is 2.55. The molecule has 0 aromatic carbocycles. The standard InChI is InChI=1S/C15H27NO4/c1-4-6-11-12(16-9(2)17)13(18)14(19)15(3,20-11)10-7-5-8-10/h10-14,18-19H,4-8H2,1-3H3,(H,16,17)/t11-,12-,13-,14-,15-/m1/s1. The number of ether oxygens (including phenoxy) is 1. The predicted molar refractivity (Wildman–Crippen MR) is 75.1 cm³/mol. The van der Waals surface area contributed by atoms with Gasteiger partial charge in [0.1, 0.15) is 12.2 Å². The molecule has 0 spiro atoms. The second kappa shape index (κ2) is 6.00. The monoisotopic (exact) mass is 285 g/mol. The molecule has 1 saturated heterocycles. The molecule has 1 aliphatic heterocycles. The van der Waals surface area contributed by atoms with Gasteiger partial charge in [0.15, 0.2) is 0 Å². The van der Waals surface area contributed by atoms with Crippen molar-refractivity contribution in [1.82, 2.24) is 5.32 Å². The van der Waals surface area contributed by atoms with Crippen molar-refractivity contribution in [1.29, 1.82) is 0 Å². The molecule has 0 unspecified atom stereocenters. The fourth-order valence-electron chi connectivity index (χ4n) is 3.48. The highest BCUT2D eigenvalue weighted by molar-refractivity contribution is 5.73. The molecule has 20 heavy (non-hydrogen) atoms. The minimum atomic E-state index is -0.977. The van der Waals surface area contributed by atoms with Crippen molar-refractivity contribution in [3.8, 4) is 0 Å². The van der Waals surface area contributed by atoms with Gasteiger partial charge in [-0.15, -0.1) is 0 Å². The normalized spacial score (nSPS) is 42.0. The molecule has 0 bridgehead atoms. The molecule has 0 aromatic rings. The molecule has 5 atom stereocenters. The van der Waals surface area contributed by atoms with E-state index in [9.17, 15) is 15.0 Å². The first-order valence-corrected chi connectivity index (χ1v) is 7.71. The molecule has 1 heterocycles. The van der Waals surface area contributed by atoms with Crippen molar-refractivity contribution < 1.29 is 19.7 Å². The van der Waals surface area contributed by atoms with Crippen molar-refractivity contribution in [2.45, 2.75) is 82.8 Å². The molecule has 2 fully saturated rings. The molecule has 3 N–H and O–H groups in total. The molecular formula is C15H27NO4. The van der Waals surface area contributed by atoms with Crippen LogP contribution in [0, 0.1) is 5.92 Å². The summed E-state index contributed by atoms with van der Waals surface area (Å²) in [6, 6.07) is -0.532. The number of carbonyl (C=O) groups is 1. The van der Waals surface area contributed by atoms with E-state index in [1.54, 1.807) is 0 Å². The summed E-state index contributed by atoms with van der Waals surface area (Å²) >= 11 is 0. The molecule has 5 nitrogen and oxygen atoms in total. The molecule has 116 valence electrons. The summed E-state index contributed by atoms with van der Waals surface area (Å²) in [5.41, 5.74) is -0.702. The van der Waals surface area contributed by atoms with Crippen LogP contribution < -0.4 is 5.32 Å². The van der Waals surface area contributed by atoms with E-state index in [4.69, 9.17) is 4.74 Å². The van der Waals surface area contributed by atoms with E-state index in [2.05, 4.69) is 5.32 Å². The van der Waals surface area contributed by atoms with E-state index >= 15 is 0 Å². The average Bonchev–Trinajstić information content (AvgIpc) is 2.29. The van der Waals surface area contributed by atoms with E-state index in [1.807, 2.05) is 13.8 Å². The van der Waals surface area contributed by atoms with E-state index < -0.39 is 23.9 Å². The Morgan fingerprint density at radius 2 is 2.05 bits per heavy atom. The summed E-state index contributed by atoms with van der Waals surface area (Å²) in [6.07, 6.45) is 2.70. The van der Waals surface area contributed by atoms with Gasteiger partial charge in [-0.2, -0.15) is 0 Å². The van der Waals surface area contributed by atoms with Crippen LogP contribution in [0.25, 0.3) is 0 Å². The minimum Gasteiger partial charge on any atom is -0.388 e. The van der Waals surface area contributed by atoms with E-state index in [0.717, 1.165) is 32.1 Å². The van der Waals surface area contributed by atoms with Crippen LogP contribution in [0.4, 0.5) is 0 Å². The van der Waals surface area contributed by atoms with Gasteiger partial charge in [-0.1, -0.05) is 19.8 Å². The summed E-state index contributed by atoms with van der Waals surface area (Å²) in [5, 5.41) is 23.7. The van der Waals surface area contributed by atoms with Gasteiger partial charge in [-0.3, -0.25) is 4.79 Å². The first-order chi connectivity index (χ1) is 9.40. The Morgan fingerprint density at radius 1 is 1.40 bits per heavy atom. The molecule has 2 aliphatic rings. The largest absolute Gasteiger partial charge is 0.388 e. The molecule has 2 rings (SSSR count). The predicted octanol–water partition coefficient (Wildman–Crippen LogP) is 0.971. The fourth-order valence-corrected chi connectivity index (χ4v) is 3.48. The molecule has 1 aliphatic carbocycles. The number of nitrogens with one attached hydrogen (secondary N) is 1. The van der Waals surface area contributed by atoms with Gasteiger partial charge in [-0.05, 0) is 32.1 Å². The molecule has 5 heteroatoms. The number of hydrogen-bond donors (Lipinski definition) is 3. The summed E-state index contributed by atoms with van der Waals surface area (Å²) < 4.78 is 6.19. The number of carbonyl (C=O) groups excluding carboxylic acids is 1. The van der Waals surface area contributed by atoms with Crippen LogP contribution in [0.1, 0.15) is 52.9 Å².